The summed E-state index contributed by atoms with van der Waals surface area (Å²) in [5.74, 6) is -0.0443. The van der Waals surface area contributed by atoms with E-state index < -0.39 is 5.41 Å². The molecule has 0 aromatic heterocycles. The van der Waals surface area contributed by atoms with Gasteiger partial charge in [-0.3, -0.25) is 4.79 Å². The highest BCUT2D eigenvalue weighted by molar-refractivity contribution is 7.80. The first-order valence-electron chi connectivity index (χ1n) is 6.60. The van der Waals surface area contributed by atoms with Crippen LogP contribution in [0.4, 0.5) is 0 Å². The number of rotatable bonds is 8. The monoisotopic (exact) mass is 273 g/mol. The Morgan fingerprint density at radius 2 is 1.89 bits per heavy atom. The minimum atomic E-state index is -0.689. The fourth-order valence-electron chi connectivity index (χ4n) is 1.80. The van der Waals surface area contributed by atoms with Gasteiger partial charge in [0, 0.05) is 19.1 Å². The van der Waals surface area contributed by atoms with Gasteiger partial charge in [-0.25, -0.2) is 0 Å². The van der Waals surface area contributed by atoms with Crippen molar-refractivity contribution < 1.29 is 4.79 Å². The second kappa shape index (κ2) is 7.69. The fourth-order valence-corrected chi connectivity index (χ4v) is 2.19. The average Bonchev–Trinajstić information content (AvgIpc) is 2.30. The van der Waals surface area contributed by atoms with E-state index in [0.29, 0.717) is 30.4 Å². The summed E-state index contributed by atoms with van der Waals surface area (Å²) < 4.78 is 0. The summed E-state index contributed by atoms with van der Waals surface area (Å²) in [5, 5.41) is 2.94. The average molecular weight is 273 g/mol. The van der Waals surface area contributed by atoms with Crippen molar-refractivity contribution >= 4 is 23.1 Å². The van der Waals surface area contributed by atoms with Crippen molar-refractivity contribution in [2.75, 3.05) is 20.1 Å². The zero-order valence-corrected chi connectivity index (χ0v) is 13.1. The maximum absolute atomic E-state index is 12.2. The summed E-state index contributed by atoms with van der Waals surface area (Å²) >= 11 is 5.05. The van der Waals surface area contributed by atoms with Crippen LogP contribution in [0.5, 0.6) is 0 Å². The molecule has 4 nitrogen and oxygen atoms in total. The number of nitrogens with zero attached hydrogens (tertiary/aromatic N) is 1. The number of thiocarbonyl (C=S) groups is 1. The van der Waals surface area contributed by atoms with E-state index in [1.165, 1.54) is 0 Å². The highest BCUT2D eigenvalue weighted by Gasteiger charge is 2.37. The number of amides is 1. The standard InChI is InChI=1S/C13H27N3OS/c1-6-13(7-2,11(14)18)12(17)15-8-9-16(5)10(3)4/h10H,6-9H2,1-5H3,(H2,14,18)(H,15,17). The van der Waals surface area contributed by atoms with Crippen molar-refractivity contribution in [3.8, 4) is 0 Å². The second-order valence-electron chi connectivity index (χ2n) is 4.98. The van der Waals surface area contributed by atoms with E-state index in [0.717, 1.165) is 6.54 Å². The maximum atomic E-state index is 12.2. The molecule has 0 unspecified atom stereocenters. The topological polar surface area (TPSA) is 58.4 Å². The zero-order valence-electron chi connectivity index (χ0n) is 12.2. The highest BCUT2D eigenvalue weighted by Crippen LogP contribution is 2.26. The molecule has 0 atom stereocenters. The van der Waals surface area contributed by atoms with Gasteiger partial charge < -0.3 is 16.0 Å². The Morgan fingerprint density at radius 1 is 1.39 bits per heavy atom. The Kier molecular flexibility index (Phi) is 7.40. The number of hydrogen-bond donors (Lipinski definition) is 2. The largest absolute Gasteiger partial charge is 0.392 e. The van der Waals surface area contributed by atoms with Crippen LogP contribution in [0.2, 0.25) is 0 Å². The predicted molar refractivity (Wildman–Crippen MR) is 80.6 cm³/mol. The summed E-state index contributed by atoms with van der Waals surface area (Å²) in [7, 11) is 2.04. The third-order valence-corrected chi connectivity index (χ3v) is 4.14. The third-order valence-electron chi connectivity index (χ3n) is 3.75. The molecule has 3 N–H and O–H groups in total. The van der Waals surface area contributed by atoms with Crippen molar-refractivity contribution in [1.29, 1.82) is 0 Å². The van der Waals surface area contributed by atoms with Gasteiger partial charge in [-0.15, -0.1) is 0 Å². The lowest BCUT2D eigenvalue weighted by atomic mass is 9.81. The van der Waals surface area contributed by atoms with Gasteiger partial charge in [0.1, 0.15) is 0 Å². The Balaban J connectivity index is 4.42. The van der Waals surface area contributed by atoms with Crippen LogP contribution in [0.3, 0.4) is 0 Å². The highest BCUT2D eigenvalue weighted by atomic mass is 32.1. The Hall–Kier alpha value is -0.680. The molecule has 0 rings (SSSR count). The lowest BCUT2D eigenvalue weighted by Gasteiger charge is -2.29. The molecule has 0 aliphatic heterocycles. The molecular weight excluding hydrogens is 246 g/mol. The van der Waals surface area contributed by atoms with Gasteiger partial charge in [0.05, 0.1) is 10.4 Å². The van der Waals surface area contributed by atoms with Gasteiger partial charge in [-0.1, -0.05) is 26.1 Å². The molecule has 0 heterocycles. The minimum Gasteiger partial charge on any atom is -0.392 e. The summed E-state index contributed by atoms with van der Waals surface area (Å²) in [5.41, 5.74) is 5.04. The number of hydrogen-bond acceptors (Lipinski definition) is 3. The van der Waals surface area contributed by atoms with Crippen LogP contribution < -0.4 is 11.1 Å². The molecule has 0 aliphatic rings. The SMILES string of the molecule is CCC(CC)(C(=O)NCCN(C)C(C)C)C(N)=S. The molecule has 0 bridgehead atoms. The number of likely N-dealkylation sites (N-methyl/N-ethyl adjacent to an activating group) is 1. The smallest absolute Gasteiger partial charge is 0.233 e. The van der Waals surface area contributed by atoms with Gasteiger partial charge in [0.25, 0.3) is 0 Å². The molecule has 0 saturated carbocycles. The van der Waals surface area contributed by atoms with Crippen molar-refractivity contribution in [3.05, 3.63) is 0 Å². The Labute approximate surface area is 116 Å². The lowest BCUT2D eigenvalue weighted by molar-refractivity contribution is -0.127. The van der Waals surface area contributed by atoms with E-state index in [2.05, 4.69) is 24.1 Å². The van der Waals surface area contributed by atoms with Gasteiger partial charge in [-0.2, -0.15) is 0 Å². The van der Waals surface area contributed by atoms with Gasteiger partial charge in [0.15, 0.2) is 0 Å². The summed E-state index contributed by atoms with van der Waals surface area (Å²) in [4.78, 5) is 14.7. The van der Waals surface area contributed by atoms with Crippen molar-refractivity contribution in [3.63, 3.8) is 0 Å². The summed E-state index contributed by atoms with van der Waals surface area (Å²) in [6, 6.07) is 0.472. The van der Waals surface area contributed by atoms with E-state index in [-0.39, 0.29) is 5.91 Å². The molecule has 0 spiro atoms. The lowest BCUT2D eigenvalue weighted by Crippen LogP contribution is -2.49. The molecule has 5 heteroatoms. The van der Waals surface area contributed by atoms with Crippen molar-refractivity contribution in [2.45, 2.75) is 46.6 Å². The molecular formula is C13H27N3OS. The predicted octanol–water partition coefficient (Wildman–Crippen LogP) is 1.54. The number of carbonyl (C=O) groups is 1. The van der Waals surface area contributed by atoms with E-state index in [1.807, 2.05) is 20.9 Å². The van der Waals surface area contributed by atoms with Crippen LogP contribution in [0, 0.1) is 5.41 Å². The first-order valence-corrected chi connectivity index (χ1v) is 7.01. The molecule has 0 radical (unpaired) electrons. The molecule has 0 saturated heterocycles. The first-order chi connectivity index (χ1) is 8.31. The van der Waals surface area contributed by atoms with E-state index in [1.54, 1.807) is 0 Å². The summed E-state index contributed by atoms with van der Waals surface area (Å²) in [6.45, 7) is 9.59. The molecule has 0 aliphatic carbocycles. The van der Waals surface area contributed by atoms with Crippen LogP contribution in [0.1, 0.15) is 40.5 Å². The Bertz CT molecular complexity index is 288. The molecule has 106 valence electrons. The minimum absolute atomic E-state index is 0.0443. The van der Waals surface area contributed by atoms with Gasteiger partial charge in [0.2, 0.25) is 5.91 Å². The fraction of sp³-hybridized carbons (Fsp3) is 0.846. The number of nitrogens with two attached hydrogens (primary N) is 1. The molecule has 1 amide bonds. The normalized spacial score (nSPS) is 11.9. The quantitative estimate of drug-likeness (QED) is 0.659. The van der Waals surface area contributed by atoms with E-state index >= 15 is 0 Å². The van der Waals surface area contributed by atoms with Crippen LogP contribution in [0.25, 0.3) is 0 Å². The zero-order chi connectivity index (χ0) is 14.3. The van der Waals surface area contributed by atoms with Gasteiger partial charge in [-0.05, 0) is 33.7 Å². The molecule has 0 fully saturated rings. The van der Waals surface area contributed by atoms with Crippen LogP contribution in [-0.4, -0.2) is 42.0 Å². The number of carbonyl (C=O) groups excluding carboxylic acids is 1. The summed E-state index contributed by atoms with van der Waals surface area (Å²) in [6.07, 6.45) is 1.29. The van der Waals surface area contributed by atoms with Crippen LogP contribution >= 0.6 is 12.2 Å². The maximum Gasteiger partial charge on any atom is 0.233 e. The van der Waals surface area contributed by atoms with Crippen LogP contribution in [-0.2, 0) is 4.79 Å². The second-order valence-corrected chi connectivity index (χ2v) is 5.42. The van der Waals surface area contributed by atoms with E-state index in [4.69, 9.17) is 18.0 Å². The van der Waals surface area contributed by atoms with E-state index in [9.17, 15) is 4.79 Å². The van der Waals surface area contributed by atoms with Crippen molar-refractivity contribution in [2.24, 2.45) is 11.1 Å². The Morgan fingerprint density at radius 3 is 2.22 bits per heavy atom. The van der Waals surface area contributed by atoms with Gasteiger partial charge >= 0.3 is 0 Å². The number of nitrogens with one attached hydrogen (secondary N) is 1. The third kappa shape index (κ3) is 4.21. The van der Waals surface area contributed by atoms with Crippen LogP contribution in [0.15, 0.2) is 0 Å². The van der Waals surface area contributed by atoms with Crippen molar-refractivity contribution in [1.82, 2.24) is 10.2 Å². The molecule has 0 aromatic carbocycles. The first kappa shape index (κ1) is 17.3. The molecule has 18 heavy (non-hydrogen) atoms. The molecule has 0 aromatic rings.